The van der Waals surface area contributed by atoms with Crippen LogP contribution >= 0.6 is 0 Å². The molecule has 2 N–H and O–H groups in total. The number of carbonyl (C=O) groups excluding carboxylic acids is 1. The van der Waals surface area contributed by atoms with E-state index in [9.17, 15) is 9.59 Å². The number of carboxylic acids is 1. The molecule has 0 saturated carbocycles. The number of nitrogens with zero attached hydrogens (tertiary/aromatic N) is 1. The number of rotatable bonds is 4. The van der Waals surface area contributed by atoms with Crippen molar-refractivity contribution in [2.24, 2.45) is 0 Å². The van der Waals surface area contributed by atoms with Crippen molar-refractivity contribution in [3.05, 3.63) is 29.8 Å². The maximum Gasteiger partial charge on any atom is 0.337 e. The first-order valence-corrected chi connectivity index (χ1v) is 6.55. The zero-order chi connectivity index (χ0) is 14.5. The number of ether oxygens (including phenoxy) is 1. The van der Waals surface area contributed by atoms with Crippen LogP contribution in [0.2, 0.25) is 0 Å². The van der Waals surface area contributed by atoms with Crippen molar-refractivity contribution in [2.75, 3.05) is 25.1 Å². The fraction of sp³-hybridized carbons (Fsp3) is 0.429. The molecule has 1 unspecified atom stereocenters. The molecule has 0 bridgehead atoms. The summed E-state index contributed by atoms with van der Waals surface area (Å²) in [6.45, 7) is 1.18. The van der Waals surface area contributed by atoms with Crippen LogP contribution in [0.4, 0.5) is 10.5 Å². The van der Waals surface area contributed by atoms with Crippen molar-refractivity contribution in [1.82, 2.24) is 5.32 Å². The lowest BCUT2D eigenvalue weighted by molar-refractivity contribution is 0.0697. The quantitative estimate of drug-likeness (QED) is 0.878. The number of carboxylic acid groups (broad SMARTS) is 1. The van der Waals surface area contributed by atoms with Crippen LogP contribution in [0.25, 0.3) is 0 Å². The van der Waals surface area contributed by atoms with E-state index in [0.29, 0.717) is 12.2 Å². The van der Waals surface area contributed by atoms with Gasteiger partial charge in [-0.25, -0.2) is 9.59 Å². The Bertz CT molecular complexity index is 498. The standard InChI is InChI=1S/C14H18N2O4/c1-16(12-7-3-2-6-11(12)13(17)18)14(19)15-9-10-5-4-8-20-10/h2-3,6-7,10H,4-5,8-9H2,1H3,(H,15,19)(H,17,18). The minimum Gasteiger partial charge on any atom is -0.478 e. The number of para-hydroxylation sites is 1. The lowest BCUT2D eigenvalue weighted by Gasteiger charge is -2.21. The van der Waals surface area contributed by atoms with Crippen LogP contribution in [-0.2, 0) is 4.74 Å². The number of hydrogen-bond acceptors (Lipinski definition) is 3. The van der Waals surface area contributed by atoms with E-state index in [0.717, 1.165) is 19.4 Å². The van der Waals surface area contributed by atoms with Crippen LogP contribution in [-0.4, -0.2) is 43.4 Å². The number of carbonyl (C=O) groups is 2. The van der Waals surface area contributed by atoms with Crippen molar-refractivity contribution in [3.63, 3.8) is 0 Å². The molecule has 1 heterocycles. The SMILES string of the molecule is CN(C(=O)NCC1CCCO1)c1ccccc1C(=O)O. The number of hydrogen-bond donors (Lipinski definition) is 2. The first-order chi connectivity index (χ1) is 9.59. The highest BCUT2D eigenvalue weighted by molar-refractivity contribution is 6.01. The average molecular weight is 278 g/mol. The Morgan fingerprint density at radius 3 is 2.85 bits per heavy atom. The Labute approximate surface area is 117 Å². The number of benzene rings is 1. The predicted molar refractivity (Wildman–Crippen MR) is 74.2 cm³/mol. The number of anilines is 1. The first-order valence-electron chi connectivity index (χ1n) is 6.55. The molecule has 0 aromatic heterocycles. The highest BCUT2D eigenvalue weighted by Gasteiger charge is 2.20. The van der Waals surface area contributed by atoms with Crippen LogP contribution in [0.15, 0.2) is 24.3 Å². The van der Waals surface area contributed by atoms with E-state index in [2.05, 4.69) is 5.32 Å². The third-order valence-corrected chi connectivity index (χ3v) is 3.31. The van der Waals surface area contributed by atoms with E-state index in [4.69, 9.17) is 9.84 Å². The predicted octanol–water partition coefficient (Wildman–Crippen LogP) is 1.71. The van der Waals surface area contributed by atoms with Gasteiger partial charge in [0.2, 0.25) is 0 Å². The Hall–Kier alpha value is -2.08. The fourth-order valence-corrected chi connectivity index (χ4v) is 2.18. The summed E-state index contributed by atoms with van der Waals surface area (Å²) in [5.41, 5.74) is 0.465. The van der Waals surface area contributed by atoms with Crippen LogP contribution in [0.5, 0.6) is 0 Å². The molecule has 1 atom stereocenters. The van der Waals surface area contributed by atoms with Gasteiger partial charge in [0.15, 0.2) is 0 Å². The summed E-state index contributed by atoms with van der Waals surface area (Å²) in [6.07, 6.45) is 2.01. The van der Waals surface area contributed by atoms with E-state index in [1.54, 1.807) is 25.2 Å². The third-order valence-electron chi connectivity index (χ3n) is 3.31. The van der Waals surface area contributed by atoms with Crippen LogP contribution < -0.4 is 10.2 Å². The van der Waals surface area contributed by atoms with Crippen molar-refractivity contribution in [3.8, 4) is 0 Å². The minimum absolute atomic E-state index is 0.0575. The van der Waals surface area contributed by atoms with Gasteiger partial charge in [-0.15, -0.1) is 0 Å². The highest BCUT2D eigenvalue weighted by atomic mass is 16.5. The number of urea groups is 1. The second kappa shape index (κ2) is 6.38. The summed E-state index contributed by atoms with van der Waals surface area (Å²) in [4.78, 5) is 24.5. The summed E-state index contributed by atoms with van der Waals surface area (Å²) in [5, 5.41) is 11.9. The van der Waals surface area contributed by atoms with E-state index in [1.165, 1.54) is 11.0 Å². The van der Waals surface area contributed by atoms with Gasteiger partial charge in [-0.05, 0) is 25.0 Å². The number of amides is 2. The van der Waals surface area contributed by atoms with Gasteiger partial charge in [-0.2, -0.15) is 0 Å². The molecule has 6 heteroatoms. The molecule has 1 saturated heterocycles. The van der Waals surface area contributed by atoms with Crippen LogP contribution in [0.1, 0.15) is 23.2 Å². The fourth-order valence-electron chi connectivity index (χ4n) is 2.18. The van der Waals surface area contributed by atoms with Crippen molar-refractivity contribution in [2.45, 2.75) is 18.9 Å². The molecule has 20 heavy (non-hydrogen) atoms. The van der Waals surface area contributed by atoms with Crippen molar-refractivity contribution < 1.29 is 19.4 Å². The maximum atomic E-state index is 12.0. The number of nitrogens with one attached hydrogen (secondary N) is 1. The van der Waals surface area contributed by atoms with Gasteiger partial charge < -0.3 is 15.2 Å². The summed E-state index contributed by atoms with van der Waals surface area (Å²) in [6, 6.07) is 6.07. The Morgan fingerprint density at radius 1 is 1.45 bits per heavy atom. The molecule has 0 aliphatic carbocycles. The second-order valence-corrected chi connectivity index (χ2v) is 4.70. The Kier molecular flexibility index (Phi) is 4.57. The zero-order valence-electron chi connectivity index (χ0n) is 11.3. The molecule has 0 spiro atoms. The molecule has 1 aliphatic heterocycles. The third kappa shape index (κ3) is 3.27. The molecule has 2 amide bonds. The van der Waals surface area contributed by atoms with E-state index in [-0.39, 0.29) is 17.7 Å². The highest BCUT2D eigenvalue weighted by Crippen LogP contribution is 2.19. The molecular weight excluding hydrogens is 260 g/mol. The van der Waals surface area contributed by atoms with Gasteiger partial charge >= 0.3 is 12.0 Å². The van der Waals surface area contributed by atoms with E-state index >= 15 is 0 Å². The van der Waals surface area contributed by atoms with Crippen LogP contribution in [0.3, 0.4) is 0 Å². The van der Waals surface area contributed by atoms with Crippen molar-refractivity contribution >= 4 is 17.7 Å². The first kappa shape index (κ1) is 14.3. The molecule has 6 nitrogen and oxygen atoms in total. The molecule has 1 fully saturated rings. The summed E-state index contributed by atoms with van der Waals surface area (Å²) in [5.74, 6) is -1.06. The largest absolute Gasteiger partial charge is 0.478 e. The van der Waals surface area contributed by atoms with Gasteiger partial charge in [0.05, 0.1) is 17.4 Å². The van der Waals surface area contributed by atoms with Gasteiger partial charge in [-0.1, -0.05) is 12.1 Å². The smallest absolute Gasteiger partial charge is 0.337 e. The van der Waals surface area contributed by atoms with Gasteiger partial charge in [0.1, 0.15) is 0 Å². The lowest BCUT2D eigenvalue weighted by atomic mass is 10.1. The summed E-state index contributed by atoms with van der Waals surface area (Å²) >= 11 is 0. The van der Waals surface area contributed by atoms with Crippen LogP contribution in [0, 0.1) is 0 Å². The van der Waals surface area contributed by atoms with E-state index < -0.39 is 5.97 Å². The Balaban J connectivity index is 2.00. The van der Waals surface area contributed by atoms with E-state index in [1.807, 2.05) is 0 Å². The molecule has 1 aromatic carbocycles. The molecule has 108 valence electrons. The van der Waals surface area contributed by atoms with Gasteiger partial charge in [-0.3, -0.25) is 4.90 Å². The van der Waals surface area contributed by atoms with Gasteiger partial charge in [0, 0.05) is 20.2 Å². The zero-order valence-corrected chi connectivity index (χ0v) is 11.3. The maximum absolute atomic E-state index is 12.0. The Morgan fingerprint density at radius 2 is 2.20 bits per heavy atom. The van der Waals surface area contributed by atoms with Crippen molar-refractivity contribution in [1.29, 1.82) is 0 Å². The molecule has 0 radical (unpaired) electrons. The van der Waals surface area contributed by atoms with Gasteiger partial charge in [0.25, 0.3) is 0 Å². The summed E-state index contributed by atoms with van der Waals surface area (Å²) in [7, 11) is 1.55. The summed E-state index contributed by atoms with van der Waals surface area (Å²) < 4.78 is 5.42. The minimum atomic E-state index is -1.06. The molecule has 2 rings (SSSR count). The lowest BCUT2D eigenvalue weighted by Crippen LogP contribution is -2.41. The molecule has 1 aliphatic rings. The second-order valence-electron chi connectivity index (χ2n) is 4.70. The normalized spacial score (nSPS) is 17.8. The molecule has 1 aromatic rings. The number of aromatic carboxylic acids is 1. The molecular formula is C14H18N2O4. The average Bonchev–Trinajstić information content (AvgIpc) is 2.97. The topological polar surface area (TPSA) is 78.9 Å². The monoisotopic (exact) mass is 278 g/mol.